The molecule has 5 nitrogen and oxygen atoms in total. The van der Waals surface area contributed by atoms with Crippen LogP contribution in [-0.4, -0.2) is 28.3 Å². The fourth-order valence-electron chi connectivity index (χ4n) is 2.67. The molecule has 5 heteroatoms. The Hall–Kier alpha value is -1.36. The lowest BCUT2D eigenvalue weighted by molar-refractivity contribution is 0.00523. The summed E-state index contributed by atoms with van der Waals surface area (Å²) < 4.78 is 5.05. The van der Waals surface area contributed by atoms with Gasteiger partial charge in [0.05, 0.1) is 11.3 Å². The van der Waals surface area contributed by atoms with Crippen LogP contribution in [-0.2, 0) is 6.42 Å². The normalized spacial score (nSPS) is 18.3. The molecule has 0 spiro atoms. The molecule has 0 bridgehead atoms. The molecular weight excluding hydrogens is 244 g/mol. The van der Waals surface area contributed by atoms with E-state index in [1.165, 1.54) is 6.42 Å². The molecule has 1 aliphatic rings. The molecule has 0 saturated heterocycles. The summed E-state index contributed by atoms with van der Waals surface area (Å²) >= 11 is 0. The van der Waals surface area contributed by atoms with Gasteiger partial charge >= 0.3 is 0 Å². The fraction of sp³-hybridized carbons (Fsp3) is 0.714. The van der Waals surface area contributed by atoms with E-state index < -0.39 is 5.60 Å². The van der Waals surface area contributed by atoms with Crippen molar-refractivity contribution in [1.29, 1.82) is 0 Å². The summed E-state index contributed by atoms with van der Waals surface area (Å²) in [6, 6.07) is 0. The first-order valence-corrected chi connectivity index (χ1v) is 7.01. The van der Waals surface area contributed by atoms with Gasteiger partial charge in [-0.25, -0.2) is 0 Å². The van der Waals surface area contributed by atoms with Gasteiger partial charge in [0.15, 0.2) is 0 Å². The highest BCUT2D eigenvalue weighted by molar-refractivity contribution is 5.96. The molecule has 0 radical (unpaired) electrons. The minimum Gasteiger partial charge on any atom is -0.388 e. The molecule has 1 fully saturated rings. The zero-order valence-electron chi connectivity index (χ0n) is 11.7. The molecule has 0 unspecified atom stereocenters. The minimum absolute atomic E-state index is 0.199. The van der Waals surface area contributed by atoms with Gasteiger partial charge in [-0.2, -0.15) is 0 Å². The quantitative estimate of drug-likeness (QED) is 0.873. The number of nitrogens with one attached hydrogen (secondary N) is 1. The predicted octanol–water partition coefficient (Wildman–Crippen LogP) is 1.97. The highest BCUT2D eigenvalue weighted by Gasteiger charge is 2.30. The molecule has 1 aliphatic carbocycles. The molecule has 0 aromatic carbocycles. The van der Waals surface area contributed by atoms with Gasteiger partial charge in [0.1, 0.15) is 11.3 Å². The predicted molar refractivity (Wildman–Crippen MR) is 71.0 cm³/mol. The first-order chi connectivity index (χ1) is 9.06. The van der Waals surface area contributed by atoms with E-state index in [1.807, 2.05) is 6.92 Å². The minimum atomic E-state index is -0.745. The van der Waals surface area contributed by atoms with Gasteiger partial charge in [0, 0.05) is 6.54 Å². The third-order valence-electron chi connectivity index (χ3n) is 3.86. The number of hydrogen-bond donors (Lipinski definition) is 2. The largest absolute Gasteiger partial charge is 0.388 e. The van der Waals surface area contributed by atoms with Crippen LogP contribution in [0.15, 0.2) is 4.52 Å². The number of amides is 1. The monoisotopic (exact) mass is 266 g/mol. The summed E-state index contributed by atoms with van der Waals surface area (Å²) in [5, 5.41) is 17.1. The number of aromatic nitrogens is 1. The van der Waals surface area contributed by atoms with E-state index >= 15 is 0 Å². The maximum Gasteiger partial charge on any atom is 0.256 e. The smallest absolute Gasteiger partial charge is 0.256 e. The highest BCUT2D eigenvalue weighted by atomic mass is 16.5. The van der Waals surface area contributed by atoms with Crippen molar-refractivity contribution in [3.05, 3.63) is 17.0 Å². The van der Waals surface area contributed by atoms with Gasteiger partial charge in [-0.3, -0.25) is 4.79 Å². The summed E-state index contributed by atoms with van der Waals surface area (Å²) in [7, 11) is 0. The molecule has 0 atom stereocenters. The van der Waals surface area contributed by atoms with Crippen LogP contribution >= 0.6 is 0 Å². The molecule has 2 N–H and O–H groups in total. The van der Waals surface area contributed by atoms with E-state index in [1.54, 1.807) is 6.92 Å². The SMILES string of the molecule is CCc1noc(C)c1C(=O)NCC1(O)CCCCC1. The second-order valence-electron chi connectivity index (χ2n) is 5.38. The van der Waals surface area contributed by atoms with Crippen LogP contribution in [0.3, 0.4) is 0 Å². The van der Waals surface area contributed by atoms with E-state index in [9.17, 15) is 9.90 Å². The van der Waals surface area contributed by atoms with Crippen LogP contribution in [0.25, 0.3) is 0 Å². The van der Waals surface area contributed by atoms with Crippen LogP contribution in [0.4, 0.5) is 0 Å². The fourth-order valence-corrected chi connectivity index (χ4v) is 2.67. The maximum absolute atomic E-state index is 12.2. The topological polar surface area (TPSA) is 75.4 Å². The number of aliphatic hydroxyl groups is 1. The van der Waals surface area contributed by atoms with Gasteiger partial charge in [-0.05, 0) is 26.2 Å². The van der Waals surface area contributed by atoms with Crippen molar-refractivity contribution in [1.82, 2.24) is 10.5 Å². The molecular formula is C14H22N2O3. The number of aryl methyl sites for hydroxylation is 2. The lowest BCUT2D eigenvalue weighted by Crippen LogP contribution is -2.44. The Morgan fingerprint density at radius 3 is 2.74 bits per heavy atom. The number of nitrogens with zero attached hydrogens (tertiary/aromatic N) is 1. The van der Waals surface area contributed by atoms with E-state index in [-0.39, 0.29) is 5.91 Å². The number of carbonyl (C=O) groups is 1. The van der Waals surface area contributed by atoms with Crippen molar-refractivity contribution < 1.29 is 14.4 Å². The van der Waals surface area contributed by atoms with Crippen LogP contribution in [0.1, 0.15) is 60.8 Å². The first-order valence-electron chi connectivity index (χ1n) is 7.01. The van der Waals surface area contributed by atoms with Crippen LogP contribution < -0.4 is 5.32 Å². The molecule has 2 rings (SSSR count). The van der Waals surface area contributed by atoms with Crippen LogP contribution in [0.2, 0.25) is 0 Å². The van der Waals surface area contributed by atoms with E-state index in [0.29, 0.717) is 30.0 Å². The summed E-state index contributed by atoms with van der Waals surface area (Å²) in [4.78, 5) is 12.2. The van der Waals surface area contributed by atoms with Gasteiger partial charge in [0.2, 0.25) is 0 Å². The molecule has 106 valence electrons. The Morgan fingerprint density at radius 2 is 2.11 bits per heavy atom. The van der Waals surface area contributed by atoms with Gasteiger partial charge < -0.3 is 14.9 Å². The third-order valence-corrected chi connectivity index (χ3v) is 3.86. The third kappa shape index (κ3) is 3.15. The maximum atomic E-state index is 12.2. The molecule has 1 aromatic rings. The van der Waals surface area contributed by atoms with Crippen molar-refractivity contribution in [3.63, 3.8) is 0 Å². The Labute approximate surface area is 113 Å². The van der Waals surface area contributed by atoms with Crippen LogP contribution in [0, 0.1) is 6.92 Å². The van der Waals surface area contributed by atoms with E-state index in [2.05, 4.69) is 10.5 Å². The van der Waals surface area contributed by atoms with Crippen molar-refractivity contribution >= 4 is 5.91 Å². The van der Waals surface area contributed by atoms with E-state index in [0.717, 1.165) is 25.7 Å². The molecule has 1 saturated carbocycles. The zero-order valence-corrected chi connectivity index (χ0v) is 11.7. The first kappa shape index (κ1) is 14.1. The molecule has 1 amide bonds. The zero-order chi connectivity index (χ0) is 13.9. The Bertz CT molecular complexity index is 448. The summed E-state index contributed by atoms with van der Waals surface area (Å²) in [5.74, 6) is 0.333. The number of hydrogen-bond acceptors (Lipinski definition) is 4. The second-order valence-corrected chi connectivity index (χ2v) is 5.38. The molecule has 1 heterocycles. The molecule has 19 heavy (non-hydrogen) atoms. The van der Waals surface area contributed by atoms with Crippen LogP contribution in [0.5, 0.6) is 0 Å². The summed E-state index contributed by atoms with van der Waals surface area (Å²) in [5.41, 5.74) is 0.443. The molecule has 1 aromatic heterocycles. The lowest BCUT2D eigenvalue weighted by Gasteiger charge is -2.32. The highest BCUT2D eigenvalue weighted by Crippen LogP contribution is 2.27. The van der Waals surface area contributed by atoms with E-state index in [4.69, 9.17) is 4.52 Å². The standard InChI is InChI=1S/C14H22N2O3/c1-3-11-12(10(2)19-16-11)13(17)15-9-14(18)7-5-4-6-8-14/h18H,3-9H2,1-2H3,(H,15,17). The summed E-state index contributed by atoms with van der Waals surface area (Å²) in [6.45, 7) is 3.97. The van der Waals surface area contributed by atoms with Gasteiger partial charge in [-0.1, -0.05) is 31.3 Å². The second kappa shape index (κ2) is 5.74. The number of carbonyl (C=O) groups excluding carboxylic acids is 1. The van der Waals surface area contributed by atoms with Crippen molar-refractivity contribution in [2.24, 2.45) is 0 Å². The van der Waals surface area contributed by atoms with Crippen molar-refractivity contribution in [2.75, 3.05) is 6.54 Å². The van der Waals surface area contributed by atoms with Crippen molar-refractivity contribution in [2.45, 2.75) is 58.0 Å². The van der Waals surface area contributed by atoms with Gasteiger partial charge in [-0.15, -0.1) is 0 Å². The van der Waals surface area contributed by atoms with Crippen molar-refractivity contribution in [3.8, 4) is 0 Å². The average Bonchev–Trinajstić information content (AvgIpc) is 2.78. The lowest BCUT2D eigenvalue weighted by atomic mass is 9.85. The summed E-state index contributed by atoms with van der Waals surface area (Å²) in [6.07, 6.45) is 5.40. The Morgan fingerprint density at radius 1 is 1.42 bits per heavy atom. The average molecular weight is 266 g/mol. The Kier molecular flexibility index (Phi) is 4.24. The Balaban J connectivity index is 1.99. The molecule has 0 aliphatic heterocycles. The van der Waals surface area contributed by atoms with Gasteiger partial charge in [0.25, 0.3) is 5.91 Å². The number of rotatable bonds is 4.